The number of aliphatic imine (C=N–C) groups is 1. The fourth-order valence-corrected chi connectivity index (χ4v) is 3.41. The minimum atomic E-state index is 0.0987. The van der Waals surface area contributed by atoms with Crippen LogP contribution in [-0.4, -0.2) is 23.0 Å². The van der Waals surface area contributed by atoms with Crippen molar-refractivity contribution in [3.8, 4) is 0 Å². The summed E-state index contributed by atoms with van der Waals surface area (Å²) in [5, 5.41) is 4.64. The lowest BCUT2D eigenvalue weighted by molar-refractivity contribution is 0.231. The van der Waals surface area contributed by atoms with Gasteiger partial charge in [-0.1, -0.05) is 38.5 Å². The Morgan fingerprint density at radius 2 is 2.00 bits per heavy atom. The fraction of sp³-hybridized carbons (Fsp3) is 0.933. The summed E-state index contributed by atoms with van der Waals surface area (Å²) in [5.41, 5.74) is 0.0987. The normalized spacial score (nSPS) is 30.3. The first-order chi connectivity index (χ1) is 8.37. The van der Waals surface area contributed by atoms with Gasteiger partial charge in [0.2, 0.25) is 0 Å². The first-order valence-corrected chi connectivity index (χ1v) is 8.49. The molecule has 0 bridgehead atoms. The zero-order chi connectivity index (χ0) is 13.8. The molecule has 0 saturated heterocycles. The Morgan fingerprint density at radius 3 is 2.50 bits per heavy atom. The number of hydrogen-bond acceptors (Lipinski definition) is 2. The minimum absolute atomic E-state index is 0.0987. The maximum absolute atomic E-state index is 5.04. The number of nitrogens with zero attached hydrogens (tertiary/aromatic N) is 1. The van der Waals surface area contributed by atoms with Gasteiger partial charge in [-0.25, -0.2) is 0 Å². The van der Waals surface area contributed by atoms with Crippen LogP contribution >= 0.6 is 11.8 Å². The average molecular weight is 270 g/mol. The van der Waals surface area contributed by atoms with Gasteiger partial charge in [-0.05, 0) is 51.7 Å². The largest absolute Gasteiger partial charge is 0.360 e. The molecule has 1 fully saturated rings. The zero-order valence-corrected chi connectivity index (χ0v) is 13.7. The van der Waals surface area contributed by atoms with Crippen LogP contribution in [0.25, 0.3) is 0 Å². The van der Waals surface area contributed by atoms with E-state index in [1.807, 2.05) is 0 Å². The Labute approximate surface area is 117 Å². The highest BCUT2D eigenvalue weighted by Gasteiger charge is 2.29. The van der Waals surface area contributed by atoms with Crippen LogP contribution in [0.4, 0.5) is 0 Å². The summed E-state index contributed by atoms with van der Waals surface area (Å²) in [6.45, 7) is 11.3. The minimum Gasteiger partial charge on any atom is -0.360 e. The van der Waals surface area contributed by atoms with Crippen molar-refractivity contribution in [1.82, 2.24) is 5.32 Å². The second kappa shape index (κ2) is 6.83. The van der Waals surface area contributed by atoms with Gasteiger partial charge < -0.3 is 5.32 Å². The molecule has 18 heavy (non-hydrogen) atoms. The molecule has 2 nitrogen and oxygen atoms in total. The van der Waals surface area contributed by atoms with E-state index in [1.54, 1.807) is 11.8 Å². The molecule has 106 valence electrons. The van der Waals surface area contributed by atoms with Crippen LogP contribution in [0.2, 0.25) is 0 Å². The summed E-state index contributed by atoms with van der Waals surface area (Å²) >= 11 is 1.74. The lowest BCUT2D eigenvalue weighted by atomic mass is 9.77. The molecule has 1 N–H and O–H groups in total. The summed E-state index contributed by atoms with van der Waals surface area (Å²) < 4.78 is 0. The Balaban J connectivity index is 2.80. The van der Waals surface area contributed by atoms with Crippen molar-refractivity contribution >= 4 is 16.9 Å². The number of nitrogens with one attached hydrogen (secondary N) is 1. The molecule has 1 saturated carbocycles. The zero-order valence-electron chi connectivity index (χ0n) is 12.9. The topological polar surface area (TPSA) is 24.4 Å². The van der Waals surface area contributed by atoms with Crippen LogP contribution < -0.4 is 5.32 Å². The lowest BCUT2D eigenvalue weighted by Crippen LogP contribution is -2.41. The molecule has 0 spiro atoms. The molecule has 1 aliphatic carbocycles. The number of rotatable bonds is 2. The Bertz CT molecular complexity index is 281. The summed E-state index contributed by atoms with van der Waals surface area (Å²) in [7, 11) is 0. The lowest BCUT2D eigenvalue weighted by Gasteiger charge is -2.34. The smallest absolute Gasteiger partial charge is 0.156 e. The third kappa shape index (κ3) is 4.83. The number of hydrogen-bond donors (Lipinski definition) is 1. The molecular formula is C15H30N2S. The predicted octanol–water partition coefficient (Wildman–Crippen LogP) is 4.31. The van der Waals surface area contributed by atoms with Crippen LogP contribution in [0.3, 0.4) is 0 Å². The molecule has 0 aromatic rings. The van der Waals surface area contributed by atoms with E-state index in [4.69, 9.17) is 4.99 Å². The van der Waals surface area contributed by atoms with E-state index in [9.17, 15) is 0 Å². The number of amidine groups is 1. The van der Waals surface area contributed by atoms with Crippen molar-refractivity contribution < 1.29 is 0 Å². The van der Waals surface area contributed by atoms with Gasteiger partial charge in [-0.3, -0.25) is 4.99 Å². The molecule has 1 aliphatic rings. The van der Waals surface area contributed by atoms with E-state index in [-0.39, 0.29) is 5.54 Å². The first kappa shape index (κ1) is 15.9. The Hall–Kier alpha value is -0.180. The molecule has 3 unspecified atom stereocenters. The molecule has 0 amide bonds. The van der Waals surface area contributed by atoms with Crippen LogP contribution in [0, 0.1) is 11.8 Å². The van der Waals surface area contributed by atoms with Gasteiger partial charge in [0.1, 0.15) is 0 Å². The highest BCUT2D eigenvalue weighted by atomic mass is 32.2. The molecule has 1 rings (SSSR count). The van der Waals surface area contributed by atoms with Crippen molar-refractivity contribution in [3.05, 3.63) is 0 Å². The van der Waals surface area contributed by atoms with Crippen LogP contribution in [-0.2, 0) is 0 Å². The van der Waals surface area contributed by atoms with Gasteiger partial charge >= 0.3 is 0 Å². The quantitative estimate of drug-likeness (QED) is 0.597. The summed E-state index contributed by atoms with van der Waals surface area (Å²) in [4.78, 5) is 5.04. The standard InChI is InChI=1S/C15H30N2S/c1-7-12-10-8-9-11(2)13(12)16-14(18-6)17-15(3,4)5/h11-13H,7-10H2,1-6H3,(H,16,17). The predicted molar refractivity (Wildman–Crippen MR) is 84.4 cm³/mol. The molecule has 3 heteroatoms. The summed E-state index contributed by atoms with van der Waals surface area (Å²) in [6, 6.07) is 0.515. The van der Waals surface area contributed by atoms with Crippen LogP contribution in [0.15, 0.2) is 4.99 Å². The maximum atomic E-state index is 5.04. The molecule has 0 heterocycles. The van der Waals surface area contributed by atoms with Gasteiger partial charge in [-0.2, -0.15) is 0 Å². The Kier molecular flexibility index (Phi) is 6.03. The van der Waals surface area contributed by atoms with Crippen molar-refractivity contribution in [2.45, 2.75) is 71.9 Å². The molecule has 0 aromatic carbocycles. The molecular weight excluding hydrogens is 240 g/mol. The molecule has 0 aromatic heterocycles. The molecule has 0 aliphatic heterocycles. The van der Waals surface area contributed by atoms with Crippen molar-refractivity contribution in [2.24, 2.45) is 16.8 Å². The van der Waals surface area contributed by atoms with E-state index in [1.165, 1.54) is 25.7 Å². The second-order valence-corrected chi connectivity index (χ2v) is 7.38. The highest BCUT2D eigenvalue weighted by molar-refractivity contribution is 8.13. The van der Waals surface area contributed by atoms with Crippen molar-refractivity contribution in [1.29, 1.82) is 0 Å². The monoisotopic (exact) mass is 270 g/mol. The third-order valence-corrected chi connectivity index (χ3v) is 4.36. The summed E-state index contributed by atoms with van der Waals surface area (Å²) in [6.07, 6.45) is 7.45. The average Bonchev–Trinajstić information content (AvgIpc) is 2.28. The Morgan fingerprint density at radius 1 is 1.33 bits per heavy atom. The van der Waals surface area contributed by atoms with Gasteiger partial charge in [0.15, 0.2) is 5.17 Å². The second-order valence-electron chi connectivity index (χ2n) is 6.58. The maximum Gasteiger partial charge on any atom is 0.156 e. The van der Waals surface area contributed by atoms with Crippen LogP contribution in [0.5, 0.6) is 0 Å². The van der Waals surface area contributed by atoms with Gasteiger partial charge in [0.25, 0.3) is 0 Å². The van der Waals surface area contributed by atoms with Gasteiger partial charge in [0, 0.05) is 5.54 Å². The van der Waals surface area contributed by atoms with E-state index in [2.05, 4.69) is 46.2 Å². The van der Waals surface area contributed by atoms with E-state index in [0.717, 1.165) is 17.0 Å². The first-order valence-electron chi connectivity index (χ1n) is 7.27. The summed E-state index contributed by atoms with van der Waals surface area (Å²) in [5.74, 6) is 1.50. The van der Waals surface area contributed by atoms with Crippen molar-refractivity contribution in [3.63, 3.8) is 0 Å². The van der Waals surface area contributed by atoms with E-state index < -0.39 is 0 Å². The number of thioether (sulfide) groups is 1. The molecule has 0 radical (unpaired) electrons. The van der Waals surface area contributed by atoms with Gasteiger partial charge in [-0.15, -0.1) is 0 Å². The third-order valence-electron chi connectivity index (χ3n) is 3.77. The van der Waals surface area contributed by atoms with E-state index in [0.29, 0.717) is 6.04 Å². The molecule has 3 atom stereocenters. The van der Waals surface area contributed by atoms with Crippen LogP contribution in [0.1, 0.15) is 60.3 Å². The highest BCUT2D eigenvalue weighted by Crippen LogP contribution is 2.34. The SMILES string of the molecule is CCC1CCCC(C)C1N=C(NC(C)(C)C)SC. The van der Waals surface area contributed by atoms with Crippen molar-refractivity contribution in [2.75, 3.05) is 6.26 Å². The van der Waals surface area contributed by atoms with Gasteiger partial charge in [0.05, 0.1) is 6.04 Å². The van der Waals surface area contributed by atoms with E-state index >= 15 is 0 Å². The fourth-order valence-electron chi connectivity index (χ4n) is 2.78.